The van der Waals surface area contributed by atoms with Gasteiger partial charge < -0.3 is 10.5 Å². The van der Waals surface area contributed by atoms with Crippen molar-refractivity contribution in [1.82, 2.24) is 0 Å². The van der Waals surface area contributed by atoms with Crippen molar-refractivity contribution in [2.24, 2.45) is 11.1 Å². The second-order valence-electron chi connectivity index (χ2n) is 4.60. The zero-order chi connectivity index (χ0) is 11.8. The molecular formula is C13H16N2O. The van der Waals surface area contributed by atoms with Gasteiger partial charge in [-0.3, -0.25) is 0 Å². The quantitative estimate of drug-likeness (QED) is 0.820. The smallest absolute Gasteiger partial charge is 0.123 e. The summed E-state index contributed by atoms with van der Waals surface area (Å²) in [5.41, 5.74) is 9.05. The van der Waals surface area contributed by atoms with Gasteiger partial charge >= 0.3 is 0 Å². The second kappa shape index (κ2) is 3.89. The largest absolute Gasteiger partial charge is 0.378 e. The molecule has 1 atom stereocenters. The SMILES string of the molecule is Cc1ccc(C)c(C(N)C2(C#N)COC2)c1. The van der Waals surface area contributed by atoms with Crippen LogP contribution in [-0.2, 0) is 4.74 Å². The van der Waals surface area contributed by atoms with E-state index in [1.807, 2.05) is 13.8 Å². The fraction of sp³-hybridized carbons (Fsp3) is 0.462. The summed E-state index contributed by atoms with van der Waals surface area (Å²) in [6.45, 7) is 4.95. The molecule has 0 spiro atoms. The molecule has 2 N–H and O–H groups in total. The van der Waals surface area contributed by atoms with E-state index in [2.05, 4.69) is 24.3 Å². The van der Waals surface area contributed by atoms with Crippen LogP contribution in [-0.4, -0.2) is 13.2 Å². The Hall–Kier alpha value is -1.37. The van der Waals surface area contributed by atoms with Crippen LogP contribution in [0.3, 0.4) is 0 Å². The number of rotatable bonds is 2. The second-order valence-corrected chi connectivity index (χ2v) is 4.60. The molecule has 1 saturated heterocycles. The number of benzene rings is 1. The Morgan fingerprint density at radius 3 is 2.62 bits per heavy atom. The molecule has 1 unspecified atom stereocenters. The number of ether oxygens (including phenoxy) is 1. The average Bonchev–Trinajstić information content (AvgIpc) is 2.21. The highest BCUT2D eigenvalue weighted by atomic mass is 16.5. The Bertz CT molecular complexity index is 444. The number of aryl methyl sites for hydroxylation is 2. The minimum Gasteiger partial charge on any atom is -0.378 e. The first kappa shape index (κ1) is 11.1. The summed E-state index contributed by atoms with van der Waals surface area (Å²) >= 11 is 0. The van der Waals surface area contributed by atoms with E-state index in [4.69, 9.17) is 10.5 Å². The maximum atomic E-state index is 9.22. The Balaban J connectivity index is 2.37. The maximum Gasteiger partial charge on any atom is 0.123 e. The van der Waals surface area contributed by atoms with Gasteiger partial charge in [0.15, 0.2) is 0 Å². The van der Waals surface area contributed by atoms with Gasteiger partial charge in [0, 0.05) is 0 Å². The summed E-state index contributed by atoms with van der Waals surface area (Å²) in [6, 6.07) is 8.23. The van der Waals surface area contributed by atoms with Crippen molar-refractivity contribution >= 4 is 0 Å². The number of nitriles is 1. The summed E-state index contributed by atoms with van der Waals surface area (Å²) in [5, 5.41) is 9.22. The Morgan fingerprint density at radius 1 is 1.44 bits per heavy atom. The van der Waals surface area contributed by atoms with E-state index >= 15 is 0 Å². The van der Waals surface area contributed by atoms with Crippen molar-refractivity contribution < 1.29 is 4.74 Å². The van der Waals surface area contributed by atoms with Crippen molar-refractivity contribution in [1.29, 1.82) is 5.26 Å². The number of hydrogen-bond donors (Lipinski definition) is 1. The van der Waals surface area contributed by atoms with E-state index < -0.39 is 5.41 Å². The van der Waals surface area contributed by atoms with Crippen LogP contribution in [0.1, 0.15) is 22.7 Å². The predicted molar refractivity (Wildman–Crippen MR) is 61.7 cm³/mol. The van der Waals surface area contributed by atoms with Crippen LogP contribution in [0.4, 0.5) is 0 Å². The monoisotopic (exact) mass is 216 g/mol. The lowest BCUT2D eigenvalue weighted by Gasteiger charge is -2.40. The van der Waals surface area contributed by atoms with Gasteiger partial charge in [0.2, 0.25) is 0 Å². The molecule has 3 nitrogen and oxygen atoms in total. The third-order valence-corrected chi connectivity index (χ3v) is 3.31. The molecule has 3 heteroatoms. The van der Waals surface area contributed by atoms with Crippen LogP contribution in [0.15, 0.2) is 18.2 Å². The molecule has 1 fully saturated rings. The standard InChI is InChI=1S/C13H16N2O/c1-9-3-4-10(2)11(5-9)12(15)13(6-14)7-16-8-13/h3-5,12H,7-8,15H2,1-2H3. The minimum atomic E-state index is -0.529. The highest BCUT2D eigenvalue weighted by Gasteiger charge is 2.45. The van der Waals surface area contributed by atoms with Gasteiger partial charge in [-0.15, -0.1) is 0 Å². The average molecular weight is 216 g/mol. The molecule has 2 rings (SSSR count). The molecule has 84 valence electrons. The third-order valence-electron chi connectivity index (χ3n) is 3.31. The fourth-order valence-corrected chi connectivity index (χ4v) is 2.03. The van der Waals surface area contributed by atoms with E-state index in [-0.39, 0.29) is 6.04 Å². The Kier molecular flexibility index (Phi) is 2.71. The molecule has 0 radical (unpaired) electrons. The van der Waals surface area contributed by atoms with Crippen molar-refractivity contribution in [2.45, 2.75) is 19.9 Å². The predicted octanol–water partition coefficient (Wildman–Crippen LogP) is 1.84. The van der Waals surface area contributed by atoms with Crippen molar-refractivity contribution in [3.05, 3.63) is 34.9 Å². The van der Waals surface area contributed by atoms with Crippen LogP contribution in [0.2, 0.25) is 0 Å². The first-order valence-corrected chi connectivity index (χ1v) is 5.41. The first-order valence-electron chi connectivity index (χ1n) is 5.41. The lowest BCUT2D eigenvalue weighted by atomic mass is 9.76. The summed E-state index contributed by atoms with van der Waals surface area (Å²) in [4.78, 5) is 0. The van der Waals surface area contributed by atoms with E-state index in [1.54, 1.807) is 0 Å². The van der Waals surface area contributed by atoms with Gasteiger partial charge in [-0.1, -0.05) is 23.8 Å². The van der Waals surface area contributed by atoms with Crippen LogP contribution >= 0.6 is 0 Å². The van der Waals surface area contributed by atoms with E-state index in [0.29, 0.717) is 13.2 Å². The van der Waals surface area contributed by atoms with Gasteiger partial charge in [-0.25, -0.2) is 0 Å². The summed E-state index contributed by atoms with van der Waals surface area (Å²) < 4.78 is 5.14. The normalized spacial score (nSPS) is 19.6. The molecular weight excluding hydrogens is 200 g/mol. The highest BCUT2D eigenvalue weighted by Crippen LogP contribution is 2.39. The zero-order valence-corrected chi connectivity index (χ0v) is 9.66. The summed E-state index contributed by atoms with van der Waals surface area (Å²) in [6.07, 6.45) is 0. The molecule has 1 aliphatic rings. The fourth-order valence-electron chi connectivity index (χ4n) is 2.03. The van der Waals surface area contributed by atoms with E-state index in [9.17, 15) is 5.26 Å². The third kappa shape index (κ3) is 1.60. The first-order chi connectivity index (χ1) is 7.59. The molecule has 0 saturated carbocycles. The van der Waals surface area contributed by atoms with Crippen molar-refractivity contribution in [3.8, 4) is 6.07 Å². The molecule has 0 aliphatic carbocycles. The minimum absolute atomic E-state index is 0.258. The van der Waals surface area contributed by atoms with Gasteiger partial charge in [0.1, 0.15) is 5.41 Å². The lowest BCUT2D eigenvalue weighted by molar-refractivity contribution is -0.0911. The number of nitrogens with two attached hydrogens (primary N) is 1. The summed E-state index contributed by atoms with van der Waals surface area (Å²) in [5.74, 6) is 0. The van der Waals surface area contributed by atoms with Crippen molar-refractivity contribution in [3.63, 3.8) is 0 Å². The molecule has 16 heavy (non-hydrogen) atoms. The van der Waals surface area contributed by atoms with Gasteiger partial charge in [0.05, 0.1) is 25.3 Å². The molecule has 0 aromatic heterocycles. The highest BCUT2D eigenvalue weighted by molar-refractivity contribution is 5.36. The Labute approximate surface area is 95.8 Å². The van der Waals surface area contributed by atoms with Gasteiger partial charge in [-0.05, 0) is 25.0 Å². The van der Waals surface area contributed by atoms with Crippen LogP contribution < -0.4 is 5.73 Å². The molecule has 0 amide bonds. The molecule has 1 aliphatic heterocycles. The van der Waals surface area contributed by atoms with E-state index in [0.717, 1.165) is 11.1 Å². The lowest BCUT2D eigenvalue weighted by Crippen LogP contribution is -2.49. The van der Waals surface area contributed by atoms with Crippen LogP contribution in [0, 0.1) is 30.6 Å². The molecule has 1 aromatic rings. The maximum absolute atomic E-state index is 9.22. The zero-order valence-electron chi connectivity index (χ0n) is 9.66. The number of nitrogens with zero attached hydrogens (tertiary/aromatic N) is 1. The number of hydrogen-bond acceptors (Lipinski definition) is 3. The topological polar surface area (TPSA) is 59.0 Å². The van der Waals surface area contributed by atoms with Crippen molar-refractivity contribution in [2.75, 3.05) is 13.2 Å². The van der Waals surface area contributed by atoms with Crippen LogP contribution in [0.5, 0.6) is 0 Å². The molecule has 0 bridgehead atoms. The molecule has 1 aromatic carbocycles. The van der Waals surface area contributed by atoms with Crippen LogP contribution in [0.25, 0.3) is 0 Å². The van der Waals surface area contributed by atoms with E-state index in [1.165, 1.54) is 5.56 Å². The summed E-state index contributed by atoms with van der Waals surface area (Å²) in [7, 11) is 0. The molecule has 1 heterocycles. The van der Waals surface area contributed by atoms with Gasteiger partial charge in [-0.2, -0.15) is 5.26 Å². The van der Waals surface area contributed by atoms with Gasteiger partial charge in [0.25, 0.3) is 0 Å². The Morgan fingerprint density at radius 2 is 2.12 bits per heavy atom.